The number of nitrogens with zero attached hydrogens (tertiary/aromatic N) is 4. The van der Waals surface area contributed by atoms with Gasteiger partial charge in [0, 0.05) is 10.1 Å². The molecule has 2 N–H and O–H groups in total. The average Bonchev–Trinajstić information content (AvgIpc) is 3.19. The van der Waals surface area contributed by atoms with Crippen molar-refractivity contribution in [3.05, 3.63) is 51.9 Å². The summed E-state index contributed by atoms with van der Waals surface area (Å²) in [7, 11) is 1.36. The highest BCUT2D eigenvalue weighted by molar-refractivity contribution is 14.1. The molecule has 2 heterocycles. The molecule has 0 bridgehead atoms. The molecule has 3 aromatic rings. The number of nitrogen functional groups attached to an aromatic ring is 1. The minimum atomic E-state index is -0.407. The number of carbonyl (C=O) groups excluding carboxylic acids is 1. The van der Waals surface area contributed by atoms with E-state index in [0.29, 0.717) is 41.8 Å². The van der Waals surface area contributed by atoms with E-state index in [0.717, 1.165) is 9.99 Å². The summed E-state index contributed by atoms with van der Waals surface area (Å²) < 4.78 is 13.6. The van der Waals surface area contributed by atoms with Crippen molar-refractivity contribution in [3.63, 3.8) is 0 Å². The maximum atomic E-state index is 12.0. The lowest BCUT2D eigenvalue weighted by Crippen LogP contribution is -2.14. The molecule has 9 heteroatoms. The summed E-state index contributed by atoms with van der Waals surface area (Å²) in [6.45, 7) is 3.27. The highest BCUT2D eigenvalue weighted by Gasteiger charge is 2.15. The Morgan fingerprint density at radius 1 is 1.31 bits per heavy atom. The summed E-state index contributed by atoms with van der Waals surface area (Å²) in [4.78, 5) is 16.3. The molecule has 3 rings (SSSR count). The minimum absolute atomic E-state index is 0.240. The Morgan fingerprint density at radius 3 is 2.90 bits per heavy atom. The van der Waals surface area contributed by atoms with E-state index in [1.165, 1.54) is 7.11 Å². The predicted molar refractivity (Wildman–Crippen MR) is 117 cm³/mol. The number of pyridine rings is 1. The number of hydrogen-bond donors (Lipinski definition) is 1. The van der Waals surface area contributed by atoms with Gasteiger partial charge in [-0.05, 0) is 65.3 Å². The summed E-state index contributed by atoms with van der Waals surface area (Å²) in [5.41, 5.74) is 6.89. The molecular formula is C20H22IN5O3. The van der Waals surface area contributed by atoms with Gasteiger partial charge in [0.25, 0.3) is 0 Å². The first kappa shape index (κ1) is 21.0. The third-order valence-corrected chi connectivity index (χ3v) is 5.02. The van der Waals surface area contributed by atoms with Crippen molar-refractivity contribution in [3.8, 4) is 17.3 Å². The number of nitrogens with two attached hydrogens (primary N) is 1. The van der Waals surface area contributed by atoms with E-state index >= 15 is 0 Å². The molecule has 0 unspecified atom stereocenters. The molecular weight excluding hydrogens is 485 g/mol. The fourth-order valence-electron chi connectivity index (χ4n) is 2.77. The summed E-state index contributed by atoms with van der Waals surface area (Å²) in [5, 5.41) is 8.16. The second-order valence-corrected chi connectivity index (χ2v) is 7.88. The lowest BCUT2D eigenvalue weighted by molar-refractivity contribution is 0.0595. The molecule has 0 fully saturated rings. The van der Waals surface area contributed by atoms with Crippen molar-refractivity contribution < 1.29 is 14.3 Å². The number of esters is 1. The monoisotopic (exact) mass is 507 g/mol. The van der Waals surface area contributed by atoms with E-state index in [-0.39, 0.29) is 5.92 Å². The van der Waals surface area contributed by atoms with E-state index in [2.05, 4.69) is 44.7 Å². The minimum Gasteiger partial charge on any atom is -0.492 e. The van der Waals surface area contributed by atoms with Gasteiger partial charge in [-0.15, -0.1) is 10.2 Å². The molecule has 0 aliphatic heterocycles. The van der Waals surface area contributed by atoms with E-state index in [9.17, 15) is 4.79 Å². The van der Waals surface area contributed by atoms with E-state index in [1.54, 1.807) is 24.5 Å². The number of methoxy groups -OCH3 is 1. The number of benzene rings is 1. The zero-order chi connectivity index (χ0) is 20.8. The molecule has 152 valence electrons. The number of aryl methyl sites for hydroxylation is 1. The quantitative estimate of drug-likeness (QED) is 0.368. The fraction of sp³-hybridized carbons (Fsp3) is 0.300. The highest BCUT2D eigenvalue weighted by atomic mass is 127. The predicted octanol–water partition coefficient (Wildman–Crippen LogP) is 3.42. The number of ether oxygens (including phenoxy) is 2. The molecule has 8 nitrogen and oxygen atoms in total. The fourth-order valence-corrected chi connectivity index (χ4v) is 3.26. The van der Waals surface area contributed by atoms with Crippen LogP contribution in [0.25, 0.3) is 11.5 Å². The lowest BCUT2D eigenvalue weighted by Gasteiger charge is -2.16. The molecule has 0 radical (unpaired) electrons. The van der Waals surface area contributed by atoms with Crippen molar-refractivity contribution in [1.29, 1.82) is 0 Å². The molecule has 1 aromatic carbocycles. The number of carbonyl (C=O) groups is 1. The number of halogens is 1. The van der Waals surface area contributed by atoms with Crippen LogP contribution in [0.3, 0.4) is 0 Å². The van der Waals surface area contributed by atoms with E-state index in [1.807, 2.05) is 22.8 Å². The molecule has 1 atom stereocenters. The van der Waals surface area contributed by atoms with E-state index in [4.69, 9.17) is 15.2 Å². The van der Waals surface area contributed by atoms with Gasteiger partial charge in [-0.2, -0.15) is 0 Å². The van der Waals surface area contributed by atoms with E-state index < -0.39 is 5.97 Å². The van der Waals surface area contributed by atoms with Crippen LogP contribution >= 0.6 is 22.6 Å². The van der Waals surface area contributed by atoms with Gasteiger partial charge >= 0.3 is 5.97 Å². The Hall–Kier alpha value is -2.69. The summed E-state index contributed by atoms with van der Waals surface area (Å²) in [6, 6.07) is 10.9. The van der Waals surface area contributed by atoms with Crippen LogP contribution in [0, 0.1) is 9.49 Å². The molecule has 0 amide bonds. The van der Waals surface area contributed by atoms with Crippen LogP contribution in [0.4, 0.5) is 5.82 Å². The van der Waals surface area contributed by atoms with Gasteiger partial charge in [-0.3, -0.25) is 0 Å². The normalized spacial score (nSPS) is 11.8. The second-order valence-electron chi connectivity index (χ2n) is 6.63. The van der Waals surface area contributed by atoms with Crippen LogP contribution in [-0.4, -0.2) is 39.4 Å². The first-order valence-corrected chi connectivity index (χ1v) is 10.2. The van der Waals surface area contributed by atoms with Gasteiger partial charge in [-0.25, -0.2) is 9.78 Å². The zero-order valence-corrected chi connectivity index (χ0v) is 18.4. The van der Waals surface area contributed by atoms with Crippen molar-refractivity contribution in [2.24, 2.45) is 5.92 Å². The highest BCUT2D eigenvalue weighted by Crippen LogP contribution is 2.23. The number of aromatic nitrogens is 4. The Labute approximate surface area is 182 Å². The topological polar surface area (TPSA) is 105 Å². The Balaban J connectivity index is 1.60. The first-order chi connectivity index (χ1) is 14.0. The second kappa shape index (κ2) is 9.68. The zero-order valence-electron chi connectivity index (χ0n) is 16.2. The van der Waals surface area contributed by atoms with Crippen LogP contribution in [0.1, 0.15) is 23.7 Å². The Morgan fingerprint density at radius 2 is 2.14 bits per heavy atom. The molecule has 0 saturated heterocycles. The van der Waals surface area contributed by atoms with Gasteiger partial charge in [0.1, 0.15) is 29.2 Å². The SMILES string of the molecule is COC(=O)c1cc(I)ccc1OC[C@@H](C)CCn1cnnc1-c1cccc(N)n1. The molecule has 0 saturated carbocycles. The van der Waals surface area contributed by atoms with Crippen molar-refractivity contribution in [2.45, 2.75) is 19.9 Å². The first-order valence-electron chi connectivity index (χ1n) is 9.09. The summed E-state index contributed by atoms with van der Waals surface area (Å²) in [6.07, 6.45) is 2.52. The van der Waals surface area contributed by atoms with Gasteiger partial charge in [-0.1, -0.05) is 13.0 Å². The largest absolute Gasteiger partial charge is 0.492 e. The van der Waals surface area contributed by atoms with Crippen LogP contribution in [0.5, 0.6) is 5.75 Å². The van der Waals surface area contributed by atoms with Crippen LogP contribution in [0.2, 0.25) is 0 Å². The third kappa shape index (κ3) is 5.43. The number of hydrogen-bond acceptors (Lipinski definition) is 7. The molecule has 29 heavy (non-hydrogen) atoms. The summed E-state index contributed by atoms with van der Waals surface area (Å²) >= 11 is 2.15. The molecule has 2 aromatic heterocycles. The smallest absolute Gasteiger partial charge is 0.341 e. The third-order valence-electron chi connectivity index (χ3n) is 4.35. The van der Waals surface area contributed by atoms with Gasteiger partial charge in [0.05, 0.1) is 13.7 Å². The Bertz CT molecular complexity index is 992. The van der Waals surface area contributed by atoms with Crippen LogP contribution in [0.15, 0.2) is 42.7 Å². The maximum absolute atomic E-state index is 12.0. The number of rotatable bonds is 8. The number of anilines is 1. The van der Waals surface area contributed by atoms with Crippen molar-refractivity contribution in [2.75, 3.05) is 19.5 Å². The standard InChI is InChI=1S/C20H22IN5O3/c1-13(11-29-17-7-6-14(21)10-15(17)20(27)28-2)8-9-26-12-23-25-19(26)16-4-3-5-18(22)24-16/h3-7,10,12-13H,8-9,11H2,1-2H3,(H2,22,24)/t13-/m0/s1. The lowest BCUT2D eigenvalue weighted by atomic mass is 10.1. The van der Waals surface area contributed by atoms with Gasteiger partial charge in [0.2, 0.25) is 0 Å². The molecule has 0 spiro atoms. The summed E-state index contributed by atoms with van der Waals surface area (Å²) in [5.74, 6) is 1.48. The Kier molecular flexibility index (Phi) is 7.02. The molecule has 0 aliphatic rings. The van der Waals surface area contributed by atoms with Crippen LogP contribution in [-0.2, 0) is 11.3 Å². The van der Waals surface area contributed by atoms with Crippen molar-refractivity contribution in [1.82, 2.24) is 19.7 Å². The average molecular weight is 507 g/mol. The van der Waals surface area contributed by atoms with Gasteiger partial charge in [0.15, 0.2) is 5.82 Å². The maximum Gasteiger partial charge on any atom is 0.341 e. The van der Waals surface area contributed by atoms with Crippen molar-refractivity contribution >= 4 is 34.4 Å². The molecule has 0 aliphatic carbocycles. The van der Waals surface area contributed by atoms with Crippen LogP contribution < -0.4 is 10.5 Å². The van der Waals surface area contributed by atoms with Gasteiger partial charge < -0.3 is 19.8 Å².